The fraction of sp³-hybridized carbons (Fsp3) is 0.588. The van der Waals surface area contributed by atoms with Crippen LogP contribution in [0.3, 0.4) is 0 Å². The van der Waals surface area contributed by atoms with Crippen molar-refractivity contribution in [1.29, 1.82) is 0 Å². The lowest BCUT2D eigenvalue weighted by Crippen LogP contribution is -2.52. The van der Waals surface area contributed by atoms with Crippen molar-refractivity contribution in [2.75, 3.05) is 6.54 Å². The lowest BCUT2D eigenvalue weighted by atomic mass is 9.91. The predicted molar refractivity (Wildman–Crippen MR) is 80.5 cm³/mol. The second kappa shape index (κ2) is 5.57. The molecule has 1 saturated heterocycles. The number of likely N-dealkylation sites (tertiary alicyclic amines) is 1. The summed E-state index contributed by atoms with van der Waals surface area (Å²) in [7, 11) is 0. The molecular weight excluding hydrogens is 248 g/mol. The molecule has 1 N–H and O–H groups in total. The van der Waals surface area contributed by atoms with Crippen LogP contribution in [0.2, 0.25) is 0 Å². The number of benzene rings is 1. The van der Waals surface area contributed by atoms with Gasteiger partial charge in [-0.2, -0.15) is 0 Å². The molecule has 20 heavy (non-hydrogen) atoms. The molecule has 0 saturated carbocycles. The normalized spacial score (nSPS) is 29.9. The van der Waals surface area contributed by atoms with Crippen molar-refractivity contribution in [2.45, 2.75) is 57.7 Å². The molecule has 1 unspecified atom stereocenters. The molecule has 2 aliphatic rings. The summed E-state index contributed by atoms with van der Waals surface area (Å²) < 4.78 is 0. The van der Waals surface area contributed by atoms with E-state index in [9.17, 15) is 4.79 Å². The summed E-state index contributed by atoms with van der Waals surface area (Å²) in [6.45, 7) is 5.26. The van der Waals surface area contributed by atoms with Gasteiger partial charge in [0.05, 0.1) is 0 Å². The lowest BCUT2D eigenvalue weighted by Gasteiger charge is -2.42. The van der Waals surface area contributed by atoms with Crippen LogP contribution in [0.25, 0.3) is 0 Å². The molecule has 0 spiro atoms. The molecule has 0 radical (unpaired) electrons. The number of carbonyl (C=O) groups excluding carboxylic acids is 1. The van der Waals surface area contributed by atoms with Crippen LogP contribution in [-0.4, -0.2) is 29.4 Å². The molecule has 1 aromatic carbocycles. The van der Waals surface area contributed by atoms with E-state index in [1.807, 2.05) is 6.07 Å². The Morgan fingerprint density at radius 1 is 1.20 bits per heavy atom. The zero-order valence-electron chi connectivity index (χ0n) is 12.4. The summed E-state index contributed by atoms with van der Waals surface area (Å²) in [5.74, 6) is 0.261. The number of fused-ring (bicyclic) bond motifs is 1. The number of carbonyl (C=O) groups is 1. The molecule has 1 aromatic rings. The minimum Gasteiger partial charge on any atom is -0.336 e. The molecule has 3 atom stereocenters. The minimum atomic E-state index is -0.150. The van der Waals surface area contributed by atoms with Gasteiger partial charge in [-0.15, -0.1) is 0 Å². The van der Waals surface area contributed by atoms with Crippen molar-refractivity contribution < 1.29 is 4.79 Å². The standard InChI is InChI=1S/C17H24N2O/c1-12-6-5-7-13(2)19(12)17(20)16-15-9-4-3-8-14(15)10-11-18-16/h3-4,8-9,12-13,16,18H,5-7,10-11H2,1-2H3/t12-,13+,16?. The number of amides is 1. The molecule has 3 nitrogen and oxygen atoms in total. The van der Waals surface area contributed by atoms with Gasteiger partial charge in [-0.3, -0.25) is 4.79 Å². The Bertz CT molecular complexity index is 490. The smallest absolute Gasteiger partial charge is 0.244 e. The molecule has 1 fully saturated rings. The summed E-state index contributed by atoms with van der Waals surface area (Å²) in [5, 5.41) is 3.42. The van der Waals surface area contributed by atoms with Gasteiger partial charge >= 0.3 is 0 Å². The number of piperidine rings is 1. The number of nitrogens with zero attached hydrogens (tertiary/aromatic N) is 1. The van der Waals surface area contributed by atoms with Gasteiger partial charge in [0.1, 0.15) is 6.04 Å². The van der Waals surface area contributed by atoms with Crippen molar-refractivity contribution in [3.8, 4) is 0 Å². The Hall–Kier alpha value is -1.35. The van der Waals surface area contributed by atoms with E-state index < -0.39 is 0 Å². The molecule has 1 amide bonds. The van der Waals surface area contributed by atoms with Crippen LogP contribution in [0.5, 0.6) is 0 Å². The molecule has 2 aliphatic heterocycles. The van der Waals surface area contributed by atoms with Gasteiger partial charge in [0, 0.05) is 18.6 Å². The van der Waals surface area contributed by atoms with Gasteiger partial charge in [-0.1, -0.05) is 24.3 Å². The van der Waals surface area contributed by atoms with Gasteiger partial charge in [-0.05, 0) is 50.7 Å². The molecule has 108 valence electrons. The van der Waals surface area contributed by atoms with E-state index in [0.717, 1.165) is 25.8 Å². The first-order chi connectivity index (χ1) is 9.68. The Kier molecular flexibility index (Phi) is 3.79. The third-order valence-corrected chi connectivity index (χ3v) is 4.80. The molecular formula is C17H24N2O. The average Bonchev–Trinajstić information content (AvgIpc) is 2.46. The first-order valence-corrected chi connectivity index (χ1v) is 7.82. The highest BCUT2D eigenvalue weighted by molar-refractivity contribution is 5.84. The maximum atomic E-state index is 13.0. The number of hydrogen-bond acceptors (Lipinski definition) is 2. The summed E-state index contributed by atoms with van der Waals surface area (Å²) >= 11 is 0. The molecule has 0 bridgehead atoms. The Balaban J connectivity index is 1.88. The van der Waals surface area contributed by atoms with Crippen LogP contribution < -0.4 is 5.32 Å². The van der Waals surface area contributed by atoms with Crippen LogP contribution in [0.1, 0.15) is 50.3 Å². The van der Waals surface area contributed by atoms with Gasteiger partial charge < -0.3 is 10.2 Å². The van der Waals surface area contributed by atoms with Gasteiger partial charge in [0.2, 0.25) is 5.91 Å². The average molecular weight is 272 g/mol. The fourth-order valence-electron chi connectivity index (χ4n) is 3.73. The second-order valence-corrected chi connectivity index (χ2v) is 6.21. The monoisotopic (exact) mass is 272 g/mol. The summed E-state index contributed by atoms with van der Waals surface area (Å²) in [6, 6.07) is 8.93. The third kappa shape index (κ3) is 2.35. The summed E-state index contributed by atoms with van der Waals surface area (Å²) in [4.78, 5) is 15.1. The van der Waals surface area contributed by atoms with Gasteiger partial charge in [0.15, 0.2) is 0 Å². The largest absolute Gasteiger partial charge is 0.336 e. The maximum Gasteiger partial charge on any atom is 0.244 e. The van der Waals surface area contributed by atoms with Crippen molar-refractivity contribution in [3.05, 3.63) is 35.4 Å². The topological polar surface area (TPSA) is 32.3 Å². The van der Waals surface area contributed by atoms with E-state index in [1.165, 1.54) is 17.5 Å². The summed E-state index contributed by atoms with van der Waals surface area (Å²) in [5.41, 5.74) is 2.50. The quantitative estimate of drug-likeness (QED) is 0.852. The predicted octanol–water partition coefficient (Wildman–Crippen LogP) is 2.66. The van der Waals surface area contributed by atoms with Crippen molar-refractivity contribution in [2.24, 2.45) is 0 Å². The molecule has 3 rings (SSSR count). The first-order valence-electron chi connectivity index (χ1n) is 7.82. The maximum absolute atomic E-state index is 13.0. The number of nitrogens with one attached hydrogen (secondary N) is 1. The second-order valence-electron chi connectivity index (χ2n) is 6.21. The molecule has 0 aromatic heterocycles. The highest BCUT2D eigenvalue weighted by Gasteiger charge is 2.35. The van der Waals surface area contributed by atoms with E-state index in [1.54, 1.807) is 0 Å². The molecule has 3 heteroatoms. The zero-order chi connectivity index (χ0) is 14.1. The Morgan fingerprint density at radius 3 is 2.65 bits per heavy atom. The van der Waals surface area contributed by atoms with Crippen LogP contribution in [0, 0.1) is 0 Å². The Morgan fingerprint density at radius 2 is 1.90 bits per heavy atom. The van der Waals surface area contributed by atoms with Crippen LogP contribution in [0.4, 0.5) is 0 Å². The SMILES string of the molecule is C[C@@H]1CCC[C@H](C)N1C(=O)C1NCCc2ccccc21. The number of rotatable bonds is 1. The van der Waals surface area contributed by atoms with Gasteiger partial charge in [-0.25, -0.2) is 0 Å². The third-order valence-electron chi connectivity index (χ3n) is 4.80. The fourth-order valence-corrected chi connectivity index (χ4v) is 3.73. The van der Waals surface area contributed by atoms with Crippen molar-refractivity contribution in [3.63, 3.8) is 0 Å². The minimum absolute atomic E-state index is 0.150. The Labute approximate surface area is 121 Å². The van der Waals surface area contributed by atoms with E-state index in [2.05, 4.69) is 42.3 Å². The van der Waals surface area contributed by atoms with Crippen LogP contribution in [0.15, 0.2) is 24.3 Å². The van der Waals surface area contributed by atoms with Crippen molar-refractivity contribution >= 4 is 5.91 Å². The highest BCUT2D eigenvalue weighted by Crippen LogP contribution is 2.29. The lowest BCUT2D eigenvalue weighted by molar-refractivity contribution is -0.140. The van der Waals surface area contributed by atoms with E-state index in [-0.39, 0.29) is 11.9 Å². The number of hydrogen-bond donors (Lipinski definition) is 1. The van der Waals surface area contributed by atoms with E-state index >= 15 is 0 Å². The van der Waals surface area contributed by atoms with Crippen LogP contribution >= 0.6 is 0 Å². The summed E-state index contributed by atoms with van der Waals surface area (Å²) in [6.07, 6.45) is 4.51. The highest BCUT2D eigenvalue weighted by atomic mass is 16.2. The van der Waals surface area contributed by atoms with Gasteiger partial charge in [0.25, 0.3) is 0 Å². The van der Waals surface area contributed by atoms with E-state index in [0.29, 0.717) is 12.1 Å². The zero-order valence-corrected chi connectivity index (χ0v) is 12.4. The van der Waals surface area contributed by atoms with E-state index in [4.69, 9.17) is 0 Å². The molecule has 0 aliphatic carbocycles. The molecule has 2 heterocycles. The van der Waals surface area contributed by atoms with Crippen molar-refractivity contribution in [1.82, 2.24) is 10.2 Å². The first kappa shape index (κ1) is 13.6. The van der Waals surface area contributed by atoms with Crippen LogP contribution in [-0.2, 0) is 11.2 Å².